The third-order valence-electron chi connectivity index (χ3n) is 2.80. The third kappa shape index (κ3) is 3.45. The Kier molecular flexibility index (Phi) is 4.15. The fraction of sp³-hybridized carbons (Fsp3) is 0.0625. The highest BCUT2D eigenvalue weighted by Gasteiger charge is 2.05. The number of halogens is 1. The zero-order chi connectivity index (χ0) is 14.5. The number of aryl methyl sites for hydroxylation is 1. The summed E-state index contributed by atoms with van der Waals surface area (Å²) >= 11 is 0. The predicted octanol–water partition coefficient (Wildman–Crippen LogP) is 3.04. The summed E-state index contributed by atoms with van der Waals surface area (Å²) in [6, 6.07) is 13.1. The molecule has 20 heavy (non-hydrogen) atoms. The fourth-order valence-corrected chi connectivity index (χ4v) is 1.71. The van der Waals surface area contributed by atoms with Crippen LogP contribution in [-0.4, -0.2) is 5.91 Å². The molecule has 0 aromatic heterocycles. The van der Waals surface area contributed by atoms with Crippen LogP contribution in [0.4, 0.5) is 4.39 Å². The van der Waals surface area contributed by atoms with E-state index in [-0.39, 0.29) is 11.7 Å². The predicted molar refractivity (Wildman–Crippen MR) is 77.2 cm³/mol. The van der Waals surface area contributed by atoms with E-state index in [9.17, 15) is 9.18 Å². The Morgan fingerprint density at radius 2 is 1.75 bits per heavy atom. The molecular formula is C16H15FN2O. The molecule has 0 unspecified atom stereocenters. The van der Waals surface area contributed by atoms with Gasteiger partial charge in [-0.25, -0.2) is 4.39 Å². The number of hydrazine groups is 1. The van der Waals surface area contributed by atoms with Crippen LogP contribution in [0.1, 0.15) is 21.5 Å². The van der Waals surface area contributed by atoms with Crippen molar-refractivity contribution in [1.82, 2.24) is 10.9 Å². The van der Waals surface area contributed by atoms with E-state index in [0.29, 0.717) is 16.8 Å². The van der Waals surface area contributed by atoms with Gasteiger partial charge in [0, 0.05) is 5.56 Å². The van der Waals surface area contributed by atoms with Gasteiger partial charge in [-0.1, -0.05) is 24.3 Å². The lowest BCUT2D eigenvalue weighted by Crippen LogP contribution is -2.35. The molecule has 0 spiro atoms. The summed E-state index contributed by atoms with van der Waals surface area (Å²) in [4.78, 5) is 11.9. The molecule has 0 aliphatic heterocycles. The first-order valence-electron chi connectivity index (χ1n) is 6.14. The lowest BCUT2D eigenvalue weighted by Gasteiger charge is -2.11. The normalized spacial score (nSPS) is 9.90. The van der Waals surface area contributed by atoms with E-state index < -0.39 is 0 Å². The molecule has 0 heterocycles. The molecule has 4 heteroatoms. The highest BCUT2D eigenvalue weighted by atomic mass is 19.1. The van der Waals surface area contributed by atoms with Crippen LogP contribution in [-0.2, 0) is 0 Å². The maximum Gasteiger partial charge on any atom is 0.269 e. The molecule has 0 bridgehead atoms. The molecule has 3 nitrogen and oxygen atoms in total. The number of nitrogens with one attached hydrogen (secondary N) is 2. The van der Waals surface area contributed by atoms with Crippen molar-refractivity contribution in [3.05, 3.63) is 77.6 Å². The number of carbonyl (C=O) groups excluding carboxylic acids is 1. The van der Waals surface area contributed by atoms with Gasteiger partial charge in [-0.2, -0.15) is 0 Å². The summed E-state index contributed by atoms with van der Waals surface area (Å²) in [5, 5.41) is 0. The smallest absolute Gasteiger partial charge is 0.269 e. The van der Waals surface area contributed by atoms with Gasteiger partial charge in [-0.3, -0.25) is 15.6 Å². The largest absolute Gasteiger partial charge is 0.298 e. The van der Waals surface area contributed by atoms with Crippen LogP contribution in [0.25, 0.3) is 5.70 Å². The van der Waals surface area contributed by atoms with Gasteiger partial charge in [0.15, 0.2) is 0 Å². The van der Waals surface area contributed by atoms with E-state index in [1.54, 1.807) is 24.3 Å². The average Bonchev–Trinajstić information content (AvgIpc) is 2.45. The minimum Gasteiger partial charge on any atom is -0.298 e. The topological polar surface area (TPSA) is 41.1 Å². The Labute approximate surface area is 117 Å². The molecule has 0 saturated heterocycles. The van der Waals surface area contributed by atoms with E-state index in [2.05, 4.69) is 17.4 Å². The number of rotatable bonds is 4. The first-order chi connectivity index (χ1) is 9.56. The molecule has 0 aliphatic rings. The molecule has 0 aliphatic carbocycles. The first kappa shape index (κ1) is 13.8. The van der Waals surface area contributed by atoms with Gasteiger partial charge in [-0.05, 0) is 48.9 Å². The zero-order valence-electron chi connectivity index (χ0n) is 11.1. The van der Waals surface area contributed by atoms with Crippen molar-refractivity contribution in [2.24, 2.45) is 0 Å². The van der Waals surface area contributed by atoms with Crippen LogP contribution in [0.5, 0.6) is 0 Å². The number of carbonyl (C=O) groups is 1. The Hall–Kier alpha value is -2.62. The molecule has 0 atom stereocenters. The minimum absolute atomic E-state index is 0.253. The summed E-state index contributed by atoms with van der Waals surface area (Å²) < 4.78 is 12.8. The molecule has 102 valence electrons. The minimum atomic E-state index is -0.314. The van der Waals surface area contributed by atoms with Gasteiger partial charge in [0.25, 0.3) is 5.91 Å². The van der Waals surface area contributed by atoms with E-state index in [1.165, 1.54) is 12.1 Å². The summed E-state index contributed by atoms with van der Waals surface area (Å²) in [5.41, 5.74) is 8.04. The molecule has 0 radical (unpaired) electrons. The molecule has 2 rings (SSSR count). The number of benzene rings is 2. The monoisotopic (exact) mass is 270 g/mol. The lowest BCUT2D eigenvalue weighted by atomic mass is 10.1. The molecular weight excluding hydrogens is 255 g/mol. The number of amides is 1. The van der Waals surface area contributed by atoms with Gasteiger partial charge in [0.05, 0.1) is 5.70 Å². The second-order valence-corrected chi connectivity index (χ2v) is 4.43. The molecule has 2 aromatic carbocycles. The zero-order valence-corrected chi connectivity index (χ0v) is 11.1. The summed E-state index contributed by atoms with van der Waals surface area (Å²) in [5.74, 6) is -0.567. The summed E-state index contributed by atoms with van der Waals surface area (Å²) in [6.07, 6.45) is 0. The summed E-state index contributed by atoms with van der Waals surface area (Å²) in [6.45, 7) is 5.71. The lowest BCUT2D eigenvalue weighted by molar-refractivity contribution is 0.0942. The maximum absolute atomic E-state index is 12.8. The molecule has 0 fully saturated rings. The van der Waals surface area contributed by atoms with Gasteiger partial charge in [0.2, 0.25) is 0 Å². The van der Waals surface area contributed by atoms with Crippen LogP contribution >= 0.6 is 0 Å². The second-order valence-electron chi connectivity index (χ2n) is 4.43. The Morgan fingerprint density at radius 1 is 1.05 bits per heavy atom. The van der Waals surface area contributed by atoms with Gasteiger partial charge in [-0.15, -0.1) is 0 Å². The highest BCUT2D eigenvalue weighted by Crippen LogP contribution is 2.09. The second kappa shape index (κ2) is 6.02. The van der Waals surface area contributed by atoms with Crippen molar-refractivity contribution in [2.75, 3.05) is 0 Å². The van der Waals surface area contributed by atoms with Crippen molar-refractivity contribution in [3.63, 3.8) is 0 Å². The van der Waals surface area contributed by atoms with Crippen LogP contribution in [0, 0.1) is 12.7 Å². The first-order valence-corrected chi connectivity index (χ1v) is 6.14. The van der Waals surface area contributed by atoms with Crippen molar-refractivity contribution < 1.29 is 9.18 Å². The third-order valence-corrected chi connectivity index (χ3v) is 2.80. The van der Waals surface area contributed by atoms with Gasteiger partial charge >= 0.3 is 0 Å². The molecule has 0 saturated carbocycles. The highest BCUT2D eigenvalue weighted by molar-refractivity contribution is 5.94. The van der Waals surface area contributed by atoms with Crippen molar-refractivity contribution in [2.45, 2.75) is 6.92 Å². The van der Waals surface area contributed by atoms with Gasteiger partial charge in [0.1, 0.15) is 5.82 Å². The van der Waals surface area contributed by atoms with Crippen LogP contribution in [0.2, 0.25) is 0 Å². The van der Waals surface area contributed by atoms with Crippen molar-refractivity contribution in [3.8, 4) is 0 Å². The van der Waals surface area contributed by atoms with Crippen molar-refractivity contribution >= 4 is 11.6 Å². The van der Waals surface area contributed by atoms with Gasteiger partial charge < -0.3 is 0 Å². The van der Waals surface area contributed by atoms with E-state index in [4.69, 9.17) is 0 Å². The Balaban J connectivity index is 1.96. The SMILES string of the molecule is C=C(NNC(=O)c1cccc(C)c1)c1ccc(F)cc1. The average molecular weight is 270 g/mol. The number of hydrogen-bond donors (Lipinski definition) is 2. The standard InChI is InChI=1S/C16H15FN2O/c1-11-4-3-5-14(10-11)16(20)19-18-12(2)13-6-8-15(17)9-7-13/h3-10,18H,2H2,1H3,(H,19,20). The number of hydrogen-bond acceptors (Lipinski definition) is 2. The summed E-state index contributed by atoms with van der Waals surface area (Å²) in [7, 11) is 0. The maximum atomic E-state index is 12.8. The fourth-order valence-electron chi connectivity index (χ4n) is 1.71. The molecule has 2 aromatic rings. The Morgan fingerprint density at radius 3 is 2.40 bits per heavy atom. The van der Waals surface area contributed by atoms with Crippen LogP contribution in [0.15, 0.2) is 55.1 Å². The Bertz CT molecular complexity index is 635. The van der Waals surface area contributed by atoms with Crippen molar-refractivity contribution in [1.29, 1.82) is 0 Å². The van der Waals surface area contributed by atoms with E-state index in [0.717, 1.165) is 5.56 Å². The molecule has 2 N–H and O–H groups in total. The van der Waals surface area contributed by atoms with E-state index >= 15 is 0 Å². The quantitative estimate of drug-likeness (QED) is 0.838. The molecule has 1 amide bonds. The van der Waals surface area contributed by atoms with E-state index in [1.807, 2.05) is 19.1 Å². The van der Waals surface area contributed by atoms with Crippen LogP contribution in [0.3, 0.4) is 0 Å². The van der Waals surface area contributed by atoms with Crippen LogP contribution < -0.4 is 10.9 Å².